The molecule has 0 bridgehead atoms. The highest BCUT2D eigenvalue weighted by Gasteiger charge is 2.49. The highest BCUT2D eigenvalue weighted by Crippen LogP contribution is 2.51. The van der Waals surface area contributed by atoms with E-state index in [4.69, 9.17) is 23.2 Å². The summed E-state index contributed by atoms with van der Waals surface area (Å²) in [5.41, 5.74) is 3.62. The smallest absolute Gasteiger partial charge is 0.348 e. The molecule has 0 unspecified atom stereocenters. The molecular weight excluding hydrogens is 654 g/mol. The predicted molar refractivity (Wildman–Crippen MR) is 177 cm³/mol. The summed E-state index contributed by atoms with van der Waals surface area (Å²) in [5, 5.41) is 12.8. The van der Waals surface area contributed by atoms with Crippen LogP contribution in [0.3, 0.4) is 0 Å². The molecule has 0 aliphatic heterocycles. The van der Waals surface area contributed by atoms with Gasteiger partial charge in [-0.15, -0.1) is 10.2 Å². The molecule has 1 aliphatic carbocycles. The predicted octanol–water partition coefficient (Wildman–Crippen LogP) is 8.88. The maximum Gasteiger partial charge on any atom is 0.405 e. The molecule has 2 heterocycles. The van der Waals surface area contributed by atoms with Crippen LogP contribution in [0.15, 0.2) is 90.2 Å². The number of nitrogens with one attached hydrogen (secondary N) is 1. The average molecular weight is 685 g/mol. The summed E-state index contributed by atoms with van der Waals surface area (Å²) in [7, 11) is 1.93. The molecule has 0 radical (unpaired) electrons. The third kappa shape index (κ3) is 6.18. The molecule has 46 heavy (non-hydrogen) atoms. The van der Waals surface area contributed by atoms with Crippen LogP contribution in [0.25, 0.3) is 28.3 Å². The fourth-order valence-corrected chi connectivity index (χ4v) is 7.66. The first-order valence-corrected chi connectivity index (χ1v) is 16.5. The van der Waals surface area contributed by atoms with Crippen LogP contribution in [-0.2, 0) is 17.3 Å². The molecule has 0 spiro atoms. The third-order valence-corrected chi connectivity index (χ3v) is 9.84. The Morgan fingerprint density at radius 1 is 0.913 bits per heavy atom. The summed E-state index contributed by atoms with van der Waals surface area (Å²) in [5.74, 6) is 0.721. The van der Waals surface area contributed by atoms with Crippen LogP contribution < -0.4 is 5.32 Å². The van der Waals surface area contributed by atoms with Crippen molar-refractivity contribution >= 4 is 40.9 Å². The molecule has 6 nitrogen and oxygen atoms in total. The van der Waals surface area contributed by atoms with E-state index in [0.717, 1.165) is 40.8 Å². The Morgan fingerprint density at radius 3 is 2.24 bits per heavy atom. The van der Waals surface area contributed by atoms with E-state index in [9.17, 15) is 18.0 Å². The van der Waals surface area contributed by atoms with Gasteiger partial charge in [0, 0.05) is 24.0 Å². The number of alkyl halides is 3. The highest BCUT2D eigenvalue weighted by atomic mass is 35.5. The summed E-state index contributed by atoms with van der Waals surface area (Å²) in [6, 6.07) is 24.2. The molecule has 6 rings (SSSR count). The first-order chi connectivity index (χ1) is 22.1. The molecule has 238 valence electrons. The molecule has 0 atom stereocenters. The van der Waals surface area contributed by atoms with Crippen LogP contribution in [0.5, 0.6) is 0 Å². The topological polar surface area (TPSA) is 64.7 Å². The van der Waals surface area contributed by atoms with E-state index in [1.54, 1.807) is 12.1 Å². The quantitative estimate of drug-likeness (QED) is 0.112. The lowest BCUT2D eigenvalue weighted by Gasteiger charge is -2.31. The van der Waals surface area contributed by atoms with Crippen LogP contribution in [0.4, 0.5) is 13.2 Å². The number of aromatic nitrogens is 4. The van der Waals surface area contributed by atoms with Gasteiger partial charge in [0.2, 0.25) is 5.91 Å². The monoisotopic (exact) mass is 683 g/mol. The standard InChI is InChI=1S/C34H30Cl2F3N5OS/c1-43-18-9-14-29(43)30-41-42-32(44(30)28-16-15-22(35)20-27(28)36)46-19-8-2-7-17-33(31(45)40-21-34(37,38)39)25-12-5-3-10-23(25)24-11-4-6-13-26(24)33/h3-6,9-16,18,20H,2,7-8,17,19,21H2,1H3,(H,40,45). The van der Waals surface area contributed by atoms with Crippen molar-refractivity contribution in [2.75, 3.05) is 12.3 Å². The molecule has 5 aromatic rings. The molecule has 1 N–H and O–H groups in total. The second-order valence-corrected chi connectivity index (χ2v) is 13.1. The first-order valence-electron chi connectivity index (χ1n) is 14.8. The number of fused-ring (bicyclic) bond motifs is 3. The maximum atomic E-state index is 13.7. The SMILES string of the molecule is Cn1cccc1-c1nnc(SCCCCCC2(C(=O)NCC(F)(F)F)c3ccccc3-c3ccccc32)n1-c1ccc(Cl)cc1Cl. The largest absolute Gasteiger partial charge is 0.405 e. The molecule has 1 amide bonds. The van der Waals surface area contributed by atoms with Crippen molar-refractivity contribution in [2.24, 2.45) is 7.05 Å². The number of aryl methyl sites for hydroxylation is 1. The Morgan fingerprint density at radius 2 is 1.61 bits per heavy atom. The van der Waals surface area contributed by atoms with Gasteiger partial charge in [-0.1, -0.05) is 96.3 Å². The summed E-state index contributed by atoms with van der Waals surface area (Å²) in [6.07, 6.45) is -0.0257. The summed E-state index contributed by atoms with van der Waals surface area (Å²) >= 11 is 14.3. The molecule has 1 aliphatic rings. The molecular formula is C34H30Cl2F3N5OS. The summed E-state index contributed by atoms with van der Waals surface area (Å²) in [6.45, 7) is -1.38. The second kappa shape index (κ2) is 13.2. The van der Waals surface area contributed by atoms with Crippen LogP contribution in [0.1, 0.15) is 36.8 Å². The van der Waals surface area contributed by atoms with Crippen molar-refractivity contribution in [3.63, 3.8) is 0 Å². The third-order valence-electron chi connectivity index (χ3n) is 8.29. The van der Waals surface area contributed by atoms with E-state index >= 15 is 0 Å². The van der Waals surface area contributed by atoms with E-state index < -0.39 is 24.0 Å². The van der Waals surface area contributed by atoms with Crippen molar-refractivity contribution in [2.45, 2.75) is 42.4 Å². The molecule has 0 fully saturated rings. The lowest BCUT2D eigenvalue weighted by molar-refractivity contribution is -0.141. The first kappa shape index (κ1) is 32.2. The number of carbonyl (C=O) groups is 1. The van der Waals surface area contributed by atoms with E-state index in [0.29, 0.717) is 45.3 Å². The van der Waals surface area contributed by atoms with E-state index in [2.05, 4.69) is 15.5 Å². The zero-order valence-corrected chi connectivity index (χ0v) is 27.1. The summed E-state index contributed by atoms with van der Waals surface area (Å²) < 4.78 is 43.4. The fourth-order valence-electron chi connectivity index (χ4n) is 6.22. The number of thioether (sulfide) groups is 1. The number of halogens is 5. The Hall–Kier alpha value is -3.73. The van der Waals surface area contributed by atoms with Gasteiger partial charge in [-0.05, 0) is 65.4 Å². The van der Waals surface area contributed by atoms with E-state index in [1.807, 2.05) is 89.1 Å². The number of unbranched alkanes of at least 4 members (excludes halogenated alkanes) is 2. The van der Waals surface area contributed by atoms with Gasteiger partial charge in [0.15, 0.2) is 11.0 Å². The fraction of sp³-hybridized carbons (Fsp3) is 0.265. The normalized spacial score (nSPS) is 13.4. The number of carbonyl (C=O) groups excluding carboxylic acids is 1. The van der Waals surface area contributed by atoms with Crippen molar-refractivity contribution in [3.8, 4) is 28.3 Å². The Balaban J connectivity index is 1.19. The lowest BCUT2D eigenvalue weighted by atomic mass is 9.73. The van der Waals surface area contributed by atoms with Crippen molar-refractivity contribution in [1.29, 1.82) is 0 Å². The van der Waals surface area contributed by atoms with E-state index in [-0.39, 0.29) is 0 Å². The van der Waals surface area contributed by atoms with Crippen LogP contribution in [0.2, 0.25) is 10.0 Å². The number of benzene rings is 3. The van der Waals surface area contributed by atoms with E-state index in [1.165, 1.54) is 11.8 Å². The minimum absolute atomic E-state index is 0.379. The number of hydrogen-bond donors (Lipinski definition) is 1. The Bertz CT molecular complexity index is 1840. The minimum Gasteiger partial charge on any atom is -0.348 e. The van der Waals surface area contributed by atoms with Crippen molar-refractivity contribution < 1.29 is 18.0 Å². The van der Waals surface area contributed by atoms with Gasteiger partial charge in [0.05, 0.1) is 16.4 Å². The molecule has 12 heteroatoms. The number of rotatable bonds is 11. The molecule has 0 saturated carbocycles. The van der Waals surface area contributed by atoms with Crippen molar-refractivity contribution in [3.05, 3.63) is 106 Å². The van der Waals surface area contributed by atoms with Crippen LogP contribution in [0, 0.1) is 0 Å². The van der Waals surface area contributed by atoms with Gasteiger partial charge in [-0.3, -0.25) is 9.36 Å². The number of hydrogen-bond acceptors (Lipinski definition) is 4. The van der Waals surface area contributed by atoms with Gasteiger partial charge in [-0.2, -0.15) is 13.2 Å². The molecule has 0 saturated heterocycles. The van der Waals surface area contributed by atoms with Crippen LogP contribution in [-0.4, -0.2) is 43.7 Å². The average Bonchev–Trinajstić information content (AvgIpc) is 3.72. The van der Waals surface area contributed by atoms with Gasteiger partial charge >= 0.3 is 6.18 Å². The highest BCUT2D eigenvalue weighted by molar-refractivity contribution is 7.99. The van der Waals surface area contributed by atoms with Gasteiger partial charge < -0.3 is 9.88 Å². The molecule has 2 aromatic heterocycles. The maximum absolute atomic E-state index is 13.7. The number of nitrogens with zero attached hydrogens (tertiary/aromatic N) is 4. The second-order valence-electron chi connectivity index (χ2n) is 11.2. The van der Waals surface area contributed by atoms with Gasteiger partial charge in [0.25, 0.3) is 0 Å². The zero-order chi connectivity index (χ0) is 32.5. The van der Waals surface area contributed by atoms with Gasteiger partial charge in [-0.25, -0.2) is 0 Å². The van der Waals surface area contributed by atoms with Crippen LogP contribution >= 0.6 is 35.0 Å². The van der Waals surface area contributed by atoms with Gasteiger partial charge in [0.1, 0.15) is 12.0 Å². The van der Waals surface area contributed by atoms with Crippen molar-refractivity contribution in [1.82, 2.24) is 24.6 Å². The summed E-state index contributed by atoms with van der Waals surface area (Å²) in [4.78, 5) is 13.7. The Labute approximate surface area is 278 Å². The number of amides is 1. The Kier molecular flexibility index (Phi) is 9.23. The lowest BCUT2D eigenvalue weighted by Crippen LogP contribution is -2.47. The zero-order valence-electron chi connectivity index (χ0n) is 24.8. The minimum atomic E-state index is -4.51. The molecule has 3 aromatic carbocycles.